The zero-order valence-electron chi connectivity index (χ0n) is 15.1. The van der Waals surface area contributed by atoms with Crippen LogP contribution >= 0.6 is 0 Å². The van der Waals surface area contributed by atoms with Gasteiger partial charge in [0.05, 0.1) is 0 Å². The lowest BCUT2D eigenvalue weighted by Crippen LogP contribution is -2.23. The first-order chi connectivity index (χ1) is 13.2. The molecule has 27 heavy (non-hydrogen) atoms. The summed E-state index contributed by atoms with van der Waals surface area (Å²) in [5.41, 5.74) is 3.88. The molecule has 0 radical (unpaired) electrons. The van der Waals surface area contributed by atoms with Crippen LogP contribution in [-0.4, -0.2) is 16.8 Å². The highest BCUT2D eigenvalue weighted by Gasteiger charge is 2.10. The Morgan fingerprint density at radius 2 is 1.48 bits per heavy atom. The zero-order valence-corrected chi connectivity index (χ0v) is 15.1. The number of hydrogen-bond donors (Lipinski definition) is 2. The van der Waals surface area contributed by atoms with E-state index in [0.717, 1.165) is 23.2 Å². The lowest BCUT2D eigenvalue weighted by Gasteiger charge is -2.10. The number of benzene rings is 2. The van der Waals surface area contributed by atoms with E-state index in [9.17, 15) is 9.59 Å². The van der Waals surface area contributed by atoms with E-state index < -0.39 is 0 Å². The zero-order chi connectivity index (χ0) is 19.1. The molecule has 3 aromatic rings. The Morgan fingerprint density at radius 1 is 0.852 bits per heavy atom. The fourth-order valence-corrected chi connectivity index (χ4v) is 2.70. The van der Waals surface area contributed by atoms with Crippen LogP contribution in [-0.2, 0) is 13.0 Å². The number of nitrogens with one attached hydrogen (secondary N) is 2. The van der Waals surface area contributed by atoms with E-state index in [0.29, 0.717) is 17.7 Å². The van der Waals surface area contributed by atoms with Gasteiger partial charge in [0, 0.05) is 35.8 Å². The van der Waals surface area contributed by atoms with Crippen molar-refractivity contribution < 1.29 is 9.59 Å². The maximum atomic E-state index is 12.5. The summed E-state index contributed by atoms with van der Waals surface area (Å²) in [4.78, 5) is 28.6. The first-order valence-corrected chi connectivity index (χ1v) is 8.84. The average molecular weight is 359 g/mol. The average Bonchev–Trinajstić information content (AvgIpc) is 2.73. The van der Waals surface area contributed by atoms with E-state index in [1.807, 2.05) is 43.3 Å². The summed E-state index contributed by atoms with van der Waals surface area (Å²) in [7, 11) is 0. The second-order valence-electron chi connectivity index (χ2n) is 6.08. The summed E-state index contributed by atoms with van der Waals surface area (Å²) in [5, 5.41) is 5.78. The van der Waals surface area contributed by atoms with Crippen LogP contribution in [0.4, 0.5) is 5.69 Å². The van der Waals surface area contributed by atoms with Crippen molar-refractivity contribution in [3.8, 4) is 0 Å². The van der Waals surface area contributed by atoms with Gasteiger partial charge in [-0.1, -0.05) is 25.1 Å². The summed E-state index contributed by atoms with van der Waals surface area (Å²) in [6.45, 7) is 2.47. The van der Waals surface area contributed by atoms with Crippen molar-refractivity contribution in [3.05, 3.63) is 95.3 Å². The molecule has 0 aliphatic rings. The number of rotatable bonds is 6. The van der Waals surface area contributed by atoms with E-state index in [1.165, 1.54) is 0 Å². The summed E-state index contributed by atoms with van der Waals surface area (Å²) >= 11 is 0. The van der Waals surface area contributed by atoms with Crippen molar-refractivity contribution in [2.24, 2.45) is 0 Å². The normalized spacial score (nSPS) is 10.3. The highest BCUT2D eigenvalue weighted by Crippen LogP contribution is 2.17. The van der Waals surface area contributed by atoms with E-state index >= 15 is 0 Å². The van der Waals surface area contributed by atoms with E-state index in [1.54, 1.807) is 36.7 Å². The number of aryl methyl sites for hydroxylation is 1. The summed E-state index contributed by atoms with van der Waals surface area (Å²) in [5.74, 6) is -0.380. The van der Waals surface area contributed by atoms with Gasteiger partial charge in [0.15, 0.2) is 0 Å². The molecule has 0 saturated carbocycles. The first-order valence-electron chi connectivity index (χ1n) is 8.84. The summed E-state index contributed by atoms with van der Waals surface area (Å²) < 4.78 is 0. The Kier molecular flexibility index (Phi) is 5.94. The number of para-hydroxylation sites is 1. The van der Waals surface area contributed by atoms with Crippen LogP contribution in [0.2, 0.25) is 0 Å². The molecule has 1 heterocycles. The molecular formula is C22H21N3O2. The highest BCUT2D eigenvalue weighted by molar-refractivity contribution is 6.05. The van der Waals surface area contributed by atoms with Crippen molar-refractivity contribution in [1.82, 2.24) is 10.3 Å². The van der Waals surface area contributed by atoms with Gasteiger partial charge in [-0.15, -0.1) is 0 Å². The van der Waals surface area contributed by atoms with Gasteiger partial charge in [0.2, 0.25) is 0 Å². The smallest absolute Gasteiger partial charge is 0.255 e. The quantitative estimate of drug-likeness (QED) is 0.703. The Labute approximate surface area is 158 Å². The minimum absolute atomic E-state index is 0.185. The van der Waals surface area contributed by atoms with E-state index in [4.69, 9.17) is 0 Å². The second kappa shape index (κ2) is 8.76. The molecule has 0 saturated heterocycles. The third kappa shape index (κ3) is 4.79. The Bertz CT molecular complexity index is 922. The van der Waals surface area contributed by atoms with Crippen LogP contribution in [0.1, 0.15) is 38.8 Å². The molecule has 0 unspecified atom stereocenters. The molecule has 1 aromatic heterocycles. The summed E-state index contributed by atoms with van der Waals surface area (Å²) in [6, 6.07) is 18.0. The van der Waals surface area contributed by atoms with E-state index in [-0.39, 0.29) is 11.8 Å². The van der Waals surface area contributed by atoms with Gasteiger partial charge >= 0.3 is 0 Å². The summed E-state index contributed by atoms with van der Waals surface area (Å²) in [6.07, 6.45) is 4.21. The van der Waals surface area contributed by atoms with Crippen LogP contribution in [0.3, 0.4) is 0 Å². The largest absolute Gasteiger partial charge is 0.348 e. The Hall–Kier alpha value is -3.47. The number of carbonyl (C=O) groups is 2. The molecular weight excluding hydrogens is 338 g/mol. The van der Waals surface area contributed by atoms with Gasteiger partial charge in [-0.3, -0.25) is 14.6 Å². The minimum Gasteiger partial charge on any atom is -0.348 e. The Balaban J connectivity index is 1.62. The van der Waals surface area contributed by atoms with Crippen molar-refractivity contribution in [1.29, 1.82) is 0 Å². The van der Waals surface area contributed by atoms with Crippen LogP contribution in [0.25, 0.3) is 0 Å². The number of carbonyl (C=O) groups excluding carboxylic acids is 2. The highest BCUT2D eigenvalue weighted by atomic mass is 16.2. The number of pyridine rings is 1. The number of amides is 2. The van der Waals surface area contributed by atoms with Gasteiger partial charge in [0.25, 0.3) is 11.8 Å². The fraction of sp³-hybridized carbons (Fsp3) is 0.136. The van der Waals surface area contributed by atoms with Crippen molar-refractivity contribution in [3.63, 3.8) is 0 Å². The van der Waals surface area contributed by atoms with Crippen LogP contribution < -0.4 is 10.6 Å². The molecule has 2 amide bonds. The number of aromatic nitrogens is 1. The van der Waals surface area contributed by atoms with Gasteiger partial charge in [-0.05, 0) is 60.0 Å². The molecule has 0 fully saturated rings. The second-order valence-corrected chi connectivity index (χ2v) is 6.08. The maximum absolute atomic E-state index is 12.5. The molecule has 136 valence electrons. The van der Waals surface area contributed by atoms with Crippen LogP contribution in [0, 0.1) is 0 Å². The predicted octanol–water partition coefficient (Wildman–Crippen LogP) is 3.83. The molecule has 2 N–H and O–H groups in total. The monoisotopic (exact) mass is 359 g/mol. The standard InChI is InChI=1S/C22H21N3O2/c1-2-17-5-3-4-6-20(17)25-22(27)19-9-7-18(8-10-19)21(26)24-15-16-11-13-23-14-12-16/h3-14H,2,15H2,1H3,(H,24,26)(H,25,27). The lowest BCUT2D eigenvalue weighted by atomic mass is 10.1. The van der Waals surface area contributed by atoms with Gasteiger partial charge in [-0.2, -0.15) is 0 Å². The molecule has 5 nitrogen and oxygen atoms in total. The number of nitrogens with zero attached hydrogens (tertiary/aromatic N) is 1. The topological polar surface area (TPSA) is 71.1 Å². The third-order valence-corrected chi connectivity index (χ3v) is 4.26. The van der Waals surface area contributed by atoms with Crippen LogP contribution in [0.15, 0.2) is 73.1 Å². The molecule has 5 heteroatoms. The molecule has 0 atom stereocenters. The molecule has 0 aliphatic heterocycles. The molecule has 0 bridgehead atoms. The van der Waals surface area contributed by atoms with Crippen molar-refractivity contribution in [2.45, 2.75) is 19.9 Å². The minimum atomic E-state index is -0.195. The van der Waals surface area contributed by atoms with Gasteiger partial charge in [-0.25, -0.2) is 0 Å². The van der Waals surface area contributed by atoms with Gasteiger partial charge < -0.3 is 10.6 Å². The van der Waals surface area contributed by atoms with Crippen molar-refractivity contribution >= 4 is 17.5 Å². The fourth-order valence-electron chi connectivity index (χ4n) is 2.70. The maximum Gasteiger partial charge on any atom is 0.255 e. The lowest BCUT2D eigenvalue weighted by molar-refractivity contribution is 0.0949. The molecule has 2 aromatic carbocycles. The molecule has 0 aliphatic carbocycles. The SMILES string of the molecule is CCc1ccccc1NC(=O)c1ccc(C(=O)NCc2ccncc2)cc1. The van der Waals surface area contributed by atoms with Crippen molar-refractivity contribution in [2.75, 3.05) is 5.32 Å². The molecule has 0 spiro atoms. The molecule has 3 rings (SSSR count). The first kappa shape index (κ1) is 18.3. The Morgan fingerprint density at radius 3 is 2.15 bits per heavy atom. The van der Waals surface area contributed by atoms with E-state index in [2.05, 4.69) is 15.6 Å². The predicted molar refractivity (Wildman–Crippen MR) is 106 cm³/mol. The third-order valence-electron chi connectivity index (χ3n) is 4.26. The van der Waals surface area contributed by atoms with Gasteiger partial charge in [0.1, 0.15) is 0 Å². The van der Waals surface area contributed by atoms with Crippen LogP contribution in [0.5, 0.6) is 0 Å². The number of anilines is 1. The number of hydrogen-bond acceptors (Lipinski definition) is 3.